The Morgan fingerprint density at radius 2 is 1.85 bits per heavy atom. The number of fused-ring (bicyclic) bond motifs is 1. The number of carbonyl (C=O) groups is 2. The van der Waals surface area contributed by atoms with Gasteiger partial charge in [0, 0.05) is 17.0 Å². The Bertz CT molecular complexity index is 2040. The smallest absolute Gasteiger partial charge is 0.301 e. The van der Waals surface area contributed by atoms with Crippen molar-refractivity contribution in [3.8, 4) is 11.5 Å². The number of benzene rings is 2. The molecule has 6 rings (SSSR count). The molecule has 1 aliphatic heterocycles. The quantitative estimate of drug-likeness (QED) is 0.0483. The molecule has 248 valence electrons. The molecule has 1 fully saturated rings. The monoisotopic (exact) mass is 703 g/mol. The summed E-state index contributed by atoms with van der Waals surface area (Å²) in [7, 11) is 1.53. The third-order valence-corrected chi connectivity index (χ3v) is 10.5. The molecule has 1 N–H and O–H groups in total. The Kier molecular flexibility index (Phi) is 9.77. The summed E-state index contributed by atoms with van der Waals surface area (Å²) in [4.78, 5) is 33.7. The topological polar surface area (TPSA) is 119 Å². The highest BCUT2D eigenvalue weighted by atomic mass is 35.5. The minimum absolute atomic E-state index is 0.106. The van der Waals surface area contributed by atoms with Gasteiger partial charge in [0.15, 0.2) is 21.6 Å². The van der Waals surface area contributed by atoms with Gasteiger partial charge < -0.3 is 19.0 Å². The summed E-state index contributed by atoms with van der Waals surface area (Å²) in [5.74, 6) is -0.0354. The number of halogens is 1. The van der Waals surface area contributed by atoms with Gasteiger partial charge in [0.2, 0.25) is 5.13 Å². The van der Waals surface area contributed by atoms with Crippen molar-refractivity contribution in [2.75, 3.05) is 18.6 Å². The standard InChI is InChI=1S/C35H34ClN5O5S2/c1-19(2)14-16-46-25-13-10-23(17-26(25)45-5)29-27(30(42)28-21(4)40-15-6-7-20(3)32(40)37-28)31(43)33(44)41(29)34-38-39-35(48-34)47-18-22-8-11-24(36)12-9-22/h6-13,15,17,19,29,42H,14,16,18H2,1-5H3/b30-27+. The number of aryl methyl sites for hydroxylation is 2. The fourth-order valence-corrected chi connectivity index (χ4v) is 7.43. The van der Waals surface area contributed by atoms with Crippen molar-refractivity contribution in [3.63, 3.8) is 0 Å². The number of aliphatic hydroxyl groups is 1. The number of nitrogens with zero attached hydrogens (tertiary/aromatic N) is 5. The van der Waals surface area contributed by atoms with E-state index in [9.17, 15) is 14.7 Å². The molecule has 4 heterocycles. The van der Waals surface area contributed by atoms with Crippen LogP contribution in [0.1, 0.15) is 54.4 Å². The summed E-state index contributed by atoms with van der Waals surface area (Å²) in [5.41, 5.74) is 3.83. The average molecular weight is 704 g/mol. The number of amides is 1. The second-order valence-electron chi connectivity index (χ2n) is 11.8. The van der Waals surface area contributed by atoms with E-state index in [2.05, 4.69) is 24.0 Å². The number of pyridine rings is 1. The molecule has 2 aromatic carbocycles. The number of anilines is 1. The number of methoxy groups -OCH3 is 1. The van der Waals surface area contributed by atoms with Gasteiger partial charge in [-0.1, -0.05) is 72.8 Å². The summed E-state index contributed by atoms with van der Waals surface area (Å²) in [6, 6.07) is 15.5. The molecule has 1 saturated heterocycles. The van der Waals surface area contributed by atoms with Crippen LogP contribution in [0.25, 0.3) is 11.4 Å². The van der Waals surface area contributed by atoms with Gasteiger partial charge in [0.25, 0.3) is 5.78 Å². The molecule has 1 unspecified atom stereocenters. The van der Waals surface area contributed by atoms with Crippen LogP contribution >= 0.6 is 34.7 Å². The molecule has 48 heavy (non-hydrogen) atoms. The van der Waals surface area contributed by atoms with E-state index in [1.165, 1.54) is 35.1 Å². The highest BCUT2D eigenvalue weighted by Gasteiger charge is 2.49. The number of Topliss-reactive ketones (excluding diaryl/α,β-unsaturated/α-hetero) is 1. The van der Waals surface area contributed by atoms with Gasteiger partial charge in [-0.05, 0) is 73.2 Å². The van der Waals surface area contributed by atoms with Crippen LogP contribution in [0.15, 0.2) is 70.7 Å². The van der Waals surface area contributed by atoms with Crippen LogP contribution in [0.3, 0.4) is 0 Å². The Hall–Kier alpha value is -4.39. The van der Waals surface area contributed by atoms with Crippen LogP contribution in [-0.2, 0) is 15.3 Å². The van der Waals surface area contributed by atoms with E-state index < -0.39 is 17.7 Å². The van der Waals surface area contributed by atoms with Gasteiger partial charge in [-0.2, -0.15) is 0 Å². The summed E-state index contributed by atoms with van der Waals surface area (Å²) in [6.07, 6.45) is 2.70. The molecule has 1 aliphatic rings. The van der Waals surface area contributed by atoms with Crippen molar-refractivity contribution in [1.29, 1.82) is 0 Å². The summed E-state index contributed by atoms with van der Waals surface area (Å²) in [5, 5.41) is 21.4. The number of ether oxygens (including phenoxy) is 2. The lowest BCUT2D eigenvalue weighted by molar-refractivity contribution is -0.132. The first kappa shape index (κ1) is 33.5. The molecule has 1 amide bonds. The van der Waals surface area contributed by atoms with Gasteiger partial charge in [-0.15, -0.1) is 10.2 Å². The lowest BCUT2D eigenvalue weighted by Crippen LogP contribution is -2.29. The van der Waals surface area contributed by atoms with E-state index >= 15 is 0 Å². The Labute approximate surface area is 291 Å². The molecule has 0 aliphatic carbocycles. The van der Waals surface area contributed by atoms with Crippen molar-refractivity contribution in [1.82, 2.24) is 19.6 Å². The van der Waals surface area contributed by atoms with E-state index in [1.807, 2.05) is 53.9 Å². The molecule has 3 aromatic heterocycles. The number of ketones is 1. The molecule has 0 spiro atoms. The molecule has 0 saturated carbocycles. The van der Waals surface area contributed by atoms with Gasteiger partial charge >= 0.3 is 5.91 Å². The van der Waals surface area contributed by atoms with Crippen molar-refractivity contribution < 1.29 is 24.2 Å². The number of aliphatic hydroxyl groups excluding tert-OH is 1. The first-order valence-electron chi connectivity index (χ1n) is 15.3. The molecule has 13 heteroatoms. The zero-order valence-electron chi connectivity index (χ0n) is 27.1. The minimum Gasteiger partial charge on any atom is -0.505 e. The SMILES string of the molecule is COc1cc(C2/C(=C(\O)c3nc4c(C)cccn4c3C)C(=O)C(=O)N2c2nnc(SCc3ccc(Cl)cc3)s2)ccc1OCCC(C)C. The third-order valence-electron chi connectivity index (χ3n) is 8.09. The first-order valence-corrected chi connectivity index (χ1v) is 17.5. The van der Waals surface area contributed by atoms with Crippen molar-refractivity contribution in [3.05, 3.63) is 99.5 Å². The molecular formula is C35H34ClN5O5S2. The summed E-state index contributed by atoms with van der Waals surface area (Å²) < 4.78 is 14.2. The number of hydrogen-bond donors (Lipinski definition) is 1. The molecule has 5 aromatic rings. The van der Waals surface area contributed by atoms with Crippen LogP contribution in [0.2, 0.25) is 5.02 Å². The normalized spacial score (nSPS) is 16.0. The maximum absolute atomic E-state index is 13.9. The Morgan fingerprint density at radius 3 is 2.56 bits per heavy atom. The van der Waals surface area contributed by atoms with Gasteiger partial charge in [-0.25, -0.2) is 4.98 Å². The van der Waals surface area contributed by atoms with Crippen LogP contribution in [-0.4, -0.2) is 50.1 Å². The van der Waals surface area contributed by atoms with Gasteiger partial charge in [-0.3, -0.25) is 14.5 Å². The summed E-state index contributed by atoms with van der Waals surface area (Å²) in [6.45, 7) is 8.46. The van der Waals surface area contributed by atoms with Gasteiger partial charge in [0.1, 0.15) is 11.3 Å². The molecular weight excluding hydrogens is 670 g/mol. The lowest BCUT2D eigenvalue weighted by atomic mass is 9.96. The Morgan fingerprint density at radius 1 is 1.08 bits per heavy atom. The van der Waals surface area contributed by atoms with Crippen LogP contribution in [0, 0.1) is 19.8 Å². The number of carbonyl (C=O) groups excluding carboxylic acids is 2. The number of rotatable bonds is 11. The minimum atomic E-state index is -1.05. The van der Waals surface area contributed by atoms with Crippen molar-refractivity contribution in [2.45, 2.75) is 50.3 Å². The highest BCUT2D eigenvalue weighted by Crippen LogP contribution is 2.46. The molecule has 10 nitrogen and oxygen atoms in total. The van der Waals surface area contributed by atoms with Gasteiger partial charge in [0.05, 0.1) is 31.0 Å². The van der Waals surface area contributed by atoms with Crippen molar-refractivity contribution >= 4 is 62.9 Å². The number of imidazole rings is 1. The highest BCUT2D eigenvalue weighted by molar-refractivity contribution is 8.00. The summed E-state index contributed by atoms with van der Waals surface area (Å²) >= 11 is 8.67. The lowest BCUT2D eigenvalue weighted by Gasteiger charge is -2.23. The number of hydrogen-bond acceptors (Lipinski definition) is 10. The number of thioether (sulfide) groups is 1. The molecule has 0 bridgehead atoms. The van der Waals surface area contributed by atoms with Crippen molar-refractivity contribution in [2.24, 2.45) is 5.92 Å². The zero-order valence-corrected chi connectivity index (χ0v) is 29.4. The van der Waals surface area contributed by atoms with E-state index in [0.717, 1.165) is 17.5 Å². The fourth-order valence-electron chi connectivity index (χ4n) is 5.48. The average Bonchev–Trinajstić information content (AvgIpc) is 3.75. The zero-order chi connectivity index (χ0) is 34.1. The fraction of sp³-hybridized carbons (Fsp3) is 0.286. The maximum atomic E-state index is 13.9. The predicted octanol–water partition coefficient (Wildman–Crippen LogP) is 7.81. The van der Waals surface area contributed by atoms with Crippen LogP contribution < -0.4 is 14.4 Å². The van der Waals surface area contributed by atoms with E-state index in [1.54, 1.807) is 25.1 Å². The van der Waals surface area contributed by atoms with E-state index in [0.29, 0.717) is 56.0 Å². The first-order chi connectivity index (χ1) is 23.1. The van der Waals surface area contributed by atoms with Crippen LogP contribution in [0.5, 0.6) is 11.5 Å². The second kappa shape index (κ2) is 14.0. The van der Waals surface area contributed by atoms with Crippen LogP contribution in [0.4, 0.5) is 5.13 Å². The Balaban J connectivity index is 1.43. The maximum Gasteiger partial charge on any atom is 0.301 e. The van der Waals surface area contributed by atoms with E-state index in [-0.39, 0.29) is 22.2 Å². The second-order valence-corrected chi connectivity index (χ2v) is 14.4. The third kappa shape index (κ3) is 6.52. The molecule has 1 atom stereocenters. The largest absolute Gasteiger partial charge is 0.505 e. The molecule has 0 radical (unpaired) electrons. The van der Waals surface area contributed by atoms with E-state index in [4.69, 9.17) is 26.1 Å². The predicted molar refractivity (Wildman–Crippen MR) is 188 cm³/mol. The number of aromatic nitrogens is 4.